The molecule has 168 valence electrons. The molecule has 2 amide bonds. The van der Waals surface area contributed by atoms with E-state index in [2.05, 4.69) is 20.7 Å². The van der Waals surface area contributed by atoms with Crippen LogP contribution in [0.25, 0.3) is 5.69 Å². The molecule has 0 bridgehead atoms. The van der Waals surface area contributed by atoms with Crippen molar-refractivity contribution < 1.29 is 9.18 Å². The summed E-state index contributed by atoms with van der Waals surface area (Å²) in [5.41, 5.74) is 1.89. The van der Waals surface area contributed by atoms with Crippen molar-refractivity contribution in [3.05, 3.63) is 90.6 Å². The van der Waals surface area contributed by atoms with Crippen molar-refractivity contribution in [1.82, 2.24) is 14.8 Å². The summed E-state index contributed by atoms with van der Waals surface area (Å²) in [6.07, 6.45) is 3.49. The summed E-state index contributed by atoms with van der Waals surface area (Å²) in [7, 11) is 0. The van der Waals surface area contributed by atoms with Crippen LogP contribution in [0.3, 0.4) is 0 Å². The van der Waals surface area contributed by atoms with Crippen LogP contribution < -0.4 is 10.6 Å². The number of carbonyl (C=O) groups excluding carboxylic acids is 1. The number of halogens is 1. The van der Waals surface area contributed by atoms with Crippen LogP contribution in [0, 0.1) is 5.82 Å². The van der Waals surface area contributed by atoms with Crippen LogP contribution in [-0.4, -0.2) is 20.8 Å². The fraction of sp³-hybridized carbons (Fsp3) is 0.160. The number of carbonyl (C=O) groups is 1. The maximum absolute atomic E-state index is 13.4. The molecule has 2 N–H and O–H groups in total. The van der Waals surface area contributed by atoms with Gasteiger partial charge in [0.2, 0.25) is 0 Å². The lowest BCUT2D eigenvalue weighted by atomic mass is 9.92. The zero-order valence-electron chi connectivity index (χ0n) is 18.5. The molecule has 2 aromatic carbocycles. The van der Waals surface area contributed by atoms with Crippen LogP contribution in [0.4, 0.5) is 20.7 Å². The maximum Gasteiger partial charge on any atom is 0.324 e. The van der Waals surface area contributed by atoms with E-state index in [4.69, 9.17) is 0 Å². The minimum atomic E-state index is -0.398. The molecule has 2 heterocycles. The van der Waals surface area contributed by atoms with Crippen LogP contribution in [0.2, 0.25) is 0 Å². The SMILES string of the molecule is CC(C)(C)c1cc(NC(=O)Nc2cccc(Sc3ccncc3)c2)n(-c2ccc(F)cc2)n1. The Bertz CT molecular complexity index is 1250. The molecule has 0 aliphatic carbocycles. The monoisotopic (exact) mass is 461 g/mol. The number of urea groups is 1. The first-order valence-electron chi connectivity index (χ1n) is 10.4. The third kappa shape index (κ3) is 5.78. The molecule has 0 aliphatic heterocycles. The smallest absolute Gasteiger partial charge is 0.308 e. The van der Waals surface area contributed by atoms with Crippen molar-refractivity contribution in [3.8, 4) is 5.69 Å². The van der Waals surface area contributed by atoms with Crippen LogP contribution in [-0.2, 0) is 5.41 Å². The van der Waals surface area contributed by atoms with Gasteiger partial charge in [0, 0.05) is 39.4 Å². The Hall–Kier alpha value is -3.65. The highest BCUT2D eigenvalue weighted by molar-refractivity contribution is 7.99. The lowest BCUT2D eigenvalue weighted by Crippen LogP contribution is -2.21. The van der Waals surface area contributed by atoms with Gasteiger partial charge < -0.3 is 5.32 Å². The van der Waals surface area contributed by atoms with Gasteiger partial charge in [0.25, 0.3) is 0 Å². The zero-order valence-corrected chi connectivity index (χ0v) is 19.4. The predicted molar refractivity (Wildman–Crippen MR) is 130 cm³/mol. The van der Waals surface area contributed by atoms with E-state index in [0.29, 0.717) is 17.2 Å². The van der Waals surface area contributed by atoms with Crippen molar-refractivity contribution in [2.75, 3.05) is 10.6 Å². The molecule has 0 spiro atoms. The Labute approximate surface area is 196 Å². The van der Waals surface area contributed by atoms with E-state index < -0.39 is 6.03 Å². The van der Waals surface area contributed by atoms with E-state index in [9.17, 15) is 9.18 Å². The first kappa shape index (κ1) is 22.5. The average Bonchev–Trinajstić information content (AvgIpc) is 3.19. The first-order chi connectivity index (χ1) is 15.8. The molecular weight excluding hydrogens is 437 g/mol. The number of nitrogens with one attached hydrogen (secondary N) is 2. The van der Waals surface area contributed by atoms with Gasteiger partial charge in [0.1, 0.15) is 11.6 Å². The molecule has 0 radical (unpaired) electrons. The van der Waals surface area contributed by atoms with Gasteiger partial charge in [-0.25, -0.2) is 13.9 Å². The summed E-state index contributed by atoms with van der Waals surface area (Å²) in [4.78, 5) is 18.9. The Morgan fingerprint density at radius 3 is 2.36 bits per heavy atom. The molecule has 0 saturated heterocycles. The van der Waals surface area contributed by atoms with Crippen molar-refractivity contribution >= 4 is 29.3 Å². The zero-order chi connectivity index (χ0) is 23.4. The van der Waals surface area contributed by atoms with Crippen LogP contribution in [0.15, 0.2) is 88.9 Å². The van der Waals surface area contributed by atoms with Crippen molar-refractivity contribution in [1.29, 1.82) is 0 Å². The van der Waals surface area contributed by atoms with Crippen LogP contribution in [0.1, 0.15) is 26.5 Å². The number of anilines is 2. The van der Waals surface area contributed by atoms with Gasteiger partial charge >= 0.3 is 6.03 Å². The van der Waals surface area contributed by atoms with Gasteiger partial charge in [-0.2, -0.15) is 5.10 Å². The number of rotatable bonds is 5. The number of nitrogens with zero attached hydrogens (tertiary/aromatic N) is 3. The molecule has 0 fully saturated rings. The topological polar surface area (TPSA) is 71.8 Å². The summed E-state index contributed by atoms with van der Waals surface area (Å²) in [6, 6.07) is 18.9. The normalized spacial score (nSPS) is 11.3. The summed E-state index contributed by atoms with van der Waals surface area (Å²) in [5.74, 6) is 0.157. The molecule has 33 heavy (non-hydrogen) atoms. The van der Waals surface area contributed by atoms with Gasteiger partial charge in [-0.1, -0.05) is 38.6 Å². The second-order valence-corrected chi connectivity index (χ2v) is 9.59. The highest BCUT2D eigenvalue weighted by atomic mass is 32.2. The molecule has 0 unspecified atom stereocenters. The van der Waals surface area contributed by atoms with E-state index >= 15 is 0 Å². The third-order valence-electron chi connectivity index (χ3n) is 4.77. The largest absolute Gasteiger partial charge is 0.324 e. The van der Waals surface area contributed by atoms with Gasteiger partial charge in [-0.3, -0.25) is 10.3 Å². The molecule has 0 saturated carbocycles. The molecule has 4 rings (SSSR count). The molecule has 4 aromatic rings. The van der Waals surface area contributed by atoms with Gasteiger partial charge in [-0.15, -0.1) is 0 Å². The fourth-order valence-corrected chi connectivity index (χ4v) is 3.94. The number of amides is 2. The van der Waals surface area contributed by atoms with Crippen molar-refractivity contribution in [2.45, 2.75) is 36.0 Å². The molecule has 0 atom stereocenters. The van der Waals surface area contributed by atoms with E-state index in [0.717, 1.165) is 15.5 Å². The number of hydrogen-bond acceptors (Lipinski definition) is 4. The quantitative estimate of drug-likeness (QED) is 0.356. The standard InChI is InChI=1S/C25H24FN5OS/c1-25(2,3)22-16-23(31(30-22)19-9-7-17(26)8-10-19)29-24(32)28-18-5-4-6-21(15-18)33-20-11-13-27-14-12-20/h4-16H,1-3H3,(H2,28,29,32). The summed E-state index contributed by atoms with van der Waals surface area (Å²) in [6.45, 7) is 6.13. The number of hydrogen-bond donors (Lipinski definition) is 2. The summed E-state index contributed by atoms with van der Waals surface area (Å²) in [5, 5.41) is 10.4. The maximum atomic E-state index is 13.4. The predicted octanol–water partition coefficient (Wildman–Crippen LogP) is 6.50. The van der Waals surface area contributed by atoms with Crippen molar-refractivity contribution in [2.24, 2.45) is 0 Å². The first-order valence-corrected chi connectivity index (χ1v) is 11.2. The highest BCUT2D eigenvalue weighted by Crippen LogP contribution is 2.29. The van der Waals surface area contributed by atoms with Crippen molar-refractivity contribution in [3.63, 3.8) is 0 Å². The van der Waals surface area contributed by atoms with Gasteiger partial charge in [0.05, 0.1) is 11.4 Å². The van der Waals surface area contributed by atoms with E-state index in [1.54, 1.807) is 41.0 Å². The lowest BCUT2D eigenvalue weighted by molar-refractivity contribution is 0.262. The minimum Gasteiger partial charge on any atom is -0.308 e. The number of aromatic nitrogens is 3. The molecule has 2 aromatic heterocycles. The molecule has 8 heteroatoms. The Morgan fingerprint density at radius 2 is 1.67 bits per heavy atom. The molecule has 6 nitrogen and oxygen atoms in total. The molecular formula is C25H24FN5OS. The second kappa shape index (κ2) is 9.46. The average molecular weight is 462 g/mol. The van der Waals surface area contributed by atoms with Gasteiger partial charge in [-0.05, 0) is 54.6 Å². The lowest BCUT2D eigenvalue weighted by Gasteiger charge is -2.14. The summed E-state index contributed by atoms with van der Waals surface area (Å²) >= 11 is 1.58. The van der Waals surface area contributed by atoms with E-state index in [-0.39, 0.29) is 11.2 Å². The molecule has 0 aliphatic rings. The van der Waals surface area contributed by atoms with Crippen LogP contribution >= 0.6 is 11.8 Å². The second-order valence-electron chi connectivity index (χ2n) is 8.44. The summed E-state index contributed by atoms with van der Waals surface area (Å²) < 4.78 is 15.0. The minimum absolute atomic E-state index is 0.225. The van der Waals surface area contributed by atoms with E-state index in [1.807, 2.05) is 63.2 Å². The van der Waals surface area contributed by atoms with Gasteiger partial charge in [0.15, 0.2) is 0 Å². The Kier molecular flexibility index (Phi) is 6.46. The number of benzene rings is 2. The highest BCUT2D eigenvalue weighted by Gasteiger charge is 2.21. The fourth-order valence-electron chi connectivity index (χ4n) is 3.07. The van der Waals surface area contributed by atoms with Crippen LogP contribution in [0.5, 0.6) is 0 Å². The number of pyridine rings is 1. The Balaban J connectivity index is 1.53. The van der Waals surface area contributed by atoms with E-state index in [1.165, 1.54) is 12.1 Å². The Morgan fingerprint density at radius 1 is 0.939 bits per heavy atom. The third-order valence-corrected chi connectivity index (χ3v) is 5.77.